The Hall–Kier alpha value is -0.700. The summed E-state index contributed by atoms with van der Waals surface area (Å²) in [6.07, 6.45) is 1.20. The predicted molar refractivity (Wildman–Crippen MR) is 66.6 cm³/mol. The number of halogens is 1. The van der Waals surface area contributed by atoms with E-state index in [0.29, 0.717) is 16.3 Å². The van der Waals surface area contributed by atoms with Crippen LogP contribution in [-0.2, 0) is 9.84 Å². The summed E-state index contributed by atoms with van der Waals surface area (Å²) >= 11 is 7.09. The number of benzene rings is 1. The van der Waals surface area contributed by atoms with Crippen LogP contribution in [0.15, 0.2) is 23.1 Å². The average Bonchev–Trinajstić information content (AvgIpc) is 2.18. The van der Waals surface area contributed by atoms with E-state index in [9.17, 15) is 8.42 Å². The molecule has 0 spiro atoms. The van der Waals surface area contributed by atoms with Crippen LogP contribution in [0.25, 0.3) is 0 Å². The highest BCUT2D eigenvalue weighted by Gasteiger charge is 2.06. The summed E-state index contributed by atoms with van der Waals surface area (Å²) in [6, 6.07) is 7.02. The first-order chi connectivity index (χ1) is 7.42. The van der Waals surface area contributed by atoms with E-state index in [2.05, 4.69) is 0 Å². The SMILES string of the molecule is CS(=O)(=O)CCSc1ccc(Cl)cc1C#N. The van der Waals surface area contributed by atoms with Crippen molar-refractivity contribution in [3.05, 3.63) is 28.8 Å². The van der Waals surface area contributed by atoms with Crippen LogP contribution >= 0.6 is 23.4 Å². The summed E-state index contributed by atoms with van der Waals surface area (Å²) in [5.74, 6) is 0.542. The molecule has 0 radical (unpaired) electrons. The standard InChI is InChI=1S/C10H10ClNO2S2/c1-16(13,14)5-4-15-10-3-2-9(11)6-8(10)7-12/h2-3,6H,4-5H2,1H3. The van der Waals surface area contributed by atoms with Crippen LogP contribution in [0.5, 0.6) is 0 Å². The number of sulfone groups is 1. The summed E-state index contributed by atoms with van der Waals surface area (Å²) in [5, 5.41) is 9.37. The second-order valence-corrected chi connectivity index (χ2v) is 7.06. The molecule has 1 aromatic carbocycles. The molecule has 86 valence electrons. The van der Waals surface area contributed by atoms with E-state index in [0.717, 1.165) is 4.90 Å². The van der Waals surface area contributed by atoms with Crippen LogP contribution in [0.1, 0.15) is 5.56 Å². The van der Waals surface area contributed by atoms with Gasteiger partial charge < -0.3 is 0 Å². The third-order valence-corrected chi connectivity index (χ3v) is 4.29. The van der Waals surface area contributed by atoms with Crippen molar-refractivity contribution in [1.29, 1.82) is 5.26 Å². The van der Waals surface area contributed by atoms with E-state index in [-0.39, 0.29) is 5.75 Å². The van der Waals surface area contributed by atoms with Crippen LogP contribution in [0.4, 0.5) is 0 Å². The maximum absolute atomic E-state index is 10.9. The zero-order chi connectivity index (χ0) is 12.2. The number of hydrogen-bond donors (Lipinski definition) is 0. The molecule has 1 aromatic rings. The van der Waals surface area contributed by atoms with Crippen molar-refractivity contribution in [2.24, 2.45) is 0 Å². The van der Waals surface area contributed by atoms with Gasteiger partial charge in [0.15, 0.2) is 0 Å². The van der Waals surface area contributed by atoms with Gasteiger partial charge in [-0.05, 0) is 18.2 Å². The molecule has 1 rings (SSSR count). The first-order valence-electron chi connectivity index (χ1n) is 4.42. The Bertz CT molecular complexity index is 520. The molecule has 0 unspecified atom stereocenters. The zero-order valence-corrected chi connectivity index (χ0v) is 11.0. The first-order valence-corrected chi connectivity index (χ1v) is 7.85. The van der Waals surface area contributed by atoms with Crippen molar-refractivity contribution in [3.8, 4) is 6.07 Å². The van der Waals surface area contributed by atoms with Gasteiger partial charge >= 0.3 is 0 Å². The second kappa shape index (κ2) is 5.58. The molecule has 0 bridgehead atoms. The molecule has 0 heterocycles. The highest BCUT2D eigenvalue weighted by atomic mass is 35.5. The number of hydrogen-bond acceptors (Lipinski definition) is 4. The normalized spacial score (nSPS) is 11.1. The van der Waals surface area contributed by atoms with Crippen molar-refractivity contribution >= 4 is 33.2 Å². The fourth-order valence-corrected chi connectivity index (χ4v) is 3.38. The Morgan fingerprint density at radius 2 is 2.19 bits per heavy atom. The highest BCUT2D eigenvalue weighted by Crippen LogP contribution is 2.25. The number of thioether (sulfide) groups is 1. The van der Waals surface area contributed by atoms with Crippen molar-refractivity contribution in [3.63, 3.8) is 0 Å². The van der Waals surface area contributed by atoms with E-state index in [1.165, 1.54) is 18.0 Å². The molecule has 0 saturated carbocycles. The van der Waals surface area contributed by atoms with Crippen LogP contribution in [0.2, 0.25) is 5.02 Å². The van der Waals surface area contributed by atoms with Gasteiger partial charge in [0, 0.05) is 21.9 Å². The molecule has 0 atom stereocenters. The number of nitrogens with zero attached hydrogens (tertiary/aromatic N) is 1. The van der Waals surface area contributed by atoms with E-state index in [1.807, 2.05) is 6.07 Å². The molecule has 0 saturated heterocycles. The van der Waals surface area contributed by atoms with E-state index in [1.54, 1.807) is 18.2 Å². The highest BCUT2D eigenvalue weighted by molar-refractivity contribution is 8.00. The minimum Gasteiger partial charge on any atom is -0.229 e. The maximum atomic E-state index is 10.9. The van der Waals surface area contributed by atoms with E-state index in [4.69, 9.17) is 16.9 Å². The molecule has 0 aliphatic carbocycles. The Balaban J connectivity index is 2.72. The van der Waals surface area contributed by atoms with E-state index >= 15 is 0 Å². The molecule has 3 nitrogen and oxygen atoms in total. The molecule has 6 heteroatoms. The first kappa shape index (κ1) is 13.4. The van der Waals surface area contributed by atoms with Gasteiger partial charge in [0.2, 0.25) is 0 Å². The molecule has 0 fully saturated rings. The molecular formula is C10H10ClNO2S2. The maximum Gasteiger partial charge on any atom is 0.148 e. The Morgan fingerprint density at radius 1 is 1.50 bits per heavy atom. The van der Waals surface area contributed by atoms with Gasteiger partial charge in [0.25, 0.3) is 0 Å². The Morgan fingerprint density at radius 3 is 2.75 bits per heavy atom. The monoisotopic (exact) mass is 275 g/mol. The number of nitriles is 1. The summed E-state index contributed by atoms with van der Waals surface area (Å²) in [5.41, 5.74) is 0.478. The van der Waals surface area contributed by atoms with Gasteiger partial charge in [-0.3, -0.25) is 0 Å². The van der Waals surface area contributed by atoms with Gasteiger partial charge in [0.1, 0.15) is 15.9 Å². The van der Waals surface area contributed by atoms with Crippen LogP contribution in [0, 0.1) is 11.3 Å². The molecule has 0 aliphatic heterocycles. The molecular weight excluding hydrogens is 266 g/mol. The summed E-state index contributed by atoms with van der Waals surface area (Å²) in [7, 11) is -2.95. The largest absolute Gasteiger partial charge is 0.229 e. The van der Waals surface area contributed by atoms with Crippen LogP contribution in [-0.4, -0.2) is 26.2 Å². The lowest BCUT2D eigenvalue weighted by molar-refractivity contribution is 0.603. The lowest BCUT2D eigenvalue weighted by atomic mass is 10.2. The molecule has 0 amide bonds. The van der Waals surface area contributed by atoms with Gasteiger partial charge in [-0.2, -0.15) is 5.26 Å². The van der Waals surface area contributed by atoms with Gasteiger partial charge in [-0.15, -0.1) is 11.8 Å². The number of rotatable bonds is 4. The van der Waals surface area contributed by atoms with Gasteiger partial charge in [-0.25, -0.2) is 8.42 Å². The Kier molecular flexibility index (Phi) is 4.66. The van der Waals surface area contributed by atoms with Gasteiger partial charge in [0.05, 0.1) is 11.3 Å². The fourth-order valence-electron chi connectivity index (χ4n) is 1.02. The summed E-state index contributed by atoms with van der Waals surface area (Å²) in [4.78, 5) is 0.760. The lowest BCUT2D eigenvalue weighted by Crippen LogP contribution is -2.05. The smallest absolute Gasteiger partial charge is 0.148 e. The topological polar surface area (TPSA) is 57.9 Å². The minimum atomic E-state index is -2.95. The van der Waals surface area contributed by atoms with Crippen molar-refractivity contribution in [2.75, 3.05) is 17.8 Å². The van der Waals surface area contributed by atoms with Crippen LogP contribution < -0.4 is 0 Å². The molecule has 0 aliphatic rings. The predicted octanol–water partition coefficient (Wildman–Crippen LogP) is 2.35. The molecule has 0 N–H and O–H groups in total. The fraction of sp³-hybridized carbons (Fsp3) is 0.300. The lowest BCUT2D eigenvalue weighted by Gasteiger charge is -2.03. The van der Waals surface area contributed by atoms with Crippen LogP contribution in [0.3, 0.4) is 0 Å². The minimum absolute atomic E-state index is 0.102. The third kappa shape index (κ3) is 4.44. The van der Waals surface area contributed by atoms with Crippen molar-refractivity contribution < 1.29 is 8.42 Å². The zero-order valence-electron chi connectivity index (χ0n) is 8.60. The second-order valence-electron chi connectivity index (χ2n) is 3.23. The van der Waals surface area contributed by atoms with Crippen molar-refractivity contribution in [2.45, 2.75) is 4.90 Å². The molecule has 16 heavy (non-hydrogen) atoms. The molecule has 0 aromatic heterocycles. The average molecular weight is 276 g/mol. The summed E-state index contributed by atoms with van der Waals surface area (Å²) < 4.78 is 21.9. The van der Waals surface area contributed by atoms with Crippen molar-refractivity contribution in [1.82, 2.24) is 0 Å². The van der Waals surface area contributed by atoms with E-state index < -0.39 is 9.84 Å². The Labute approximate surface area is 104 Å². The summed E-state index contributed by atoms with van der Waals surface area (Å²) in [6.45, 7) is 0. The van der Waals surface area contributed by atoms with Gasteiger partial charge in [-0.1, -0.05) is 11.6 Å². The quantitative estimate of drug-likeness (QED) is 0.792. The third-order valence-electron chi connectivity index (χ3n) is 1.77.